The summed E-state index contributed by atoms with van der Waals surface area (Å²) in [6, 6.07) is 62.9. The van der Waals surface area contributed by atoms with E-state index in [1.54, 1.807) is 0 Å². The molecule has 0 heterocycles. The van der Waals surface area contributed by atoms with Crippen LogP contribution in [-0.2, 0) is 0 Å². The summed E-state index contributed by atoms with van der Waals surface area (Å²) < 4.78 is 0. The molecule has 240 valence electrons. The number of fused-ring (bicyclic) bond motifs is 6. The lowest BCUT2D eigenvalue weighted by molar-refractivity contribution is 1.28. The van der Waals surface area contributed by atoms with Gasteiger partial charge in [0.1, 0.15) is 0 Å². The van der Waals surface area contributed by atoms with Crippen molar-refractivity contribution in [3.05, 3.63) is 234 Å². The summed E-state index contributed by atoms with van der Waals surface area (Å²) in [7, 11) is 0. The third-order valence-corrected chi connectivity index (χ3v) is 9.87. The van der Waals surface area contributed by atoms with Gasteiger partial charge in [-0.1, -0.05) is 176 Å². The molecule has 0 saturated carbocycles. The van der Waals surface area contributed by atoms with Gasteiger partial charge in [-0.2, -0.15) is 0 Å². The highest BCUT2D eigenvalue weighted by Gasteiger charge is 2.22. The standard InChI is InChI=1S/C50H35N/c1-2-16-38(17-3-1)51(39-32-28-36(29-33-39)14-12-26-49-45-22-8-4-18-41(45)42-19-5-9-23-46(42)49)40-34-30-37(31-35-40)15-13-27-50-47-24-10-6-20-43(47)44-21-7-11-25-48(44)50/h1-35H/b14-12+,15-13+. The fraction of sp³-hybridized carbons (Fsp3) is 0. The number of hydrogen-bond acceptors (Lipinski definition) is 1. The molecule has 0 unspecified atom stereocenters. The van der Waals surface area contributed by atoms with Crippen molar-refractivity contribution in [3.8, 4) is 22.3 Å². The molecule has 7 aromatic carbocycles. The summed E-state index contributed by atoms with van der Waals surface area (Å²) in [5.41, 5.74) is 18.6. The van der Waals surface area contributed by atoms with Crippen LogP contribution in [-0.4, -0.2) is 0 Å². The molecule has 1 heteroatoms. The maximum absolute atomic E-state index is 2.31. The van der Waals surface area contributed by atoms with Gasteiger partial charge in [0.2, 0.25) is 0 Å². The zero-order valence-electron chi connectivity index (χ0n) is 28.2. The minimum absolute atomic E-state index is 1.11. The Morgan fingerprint density at radius 1 is 0.275 bits per heavy atom. The SMILES string of the molecule is C(/C=C/c1ccc(N(c2ccccc2)c2ccc(/C=C/C=C3c4ccccc4-c4ccccc43)cc2)cc1)=C1c2ccccc2-c2ccccc21. The second-order valence-electron chi connectivity index (χ2n) is 12.9. The van der Waals surface area contributed by atoms with Gasteiger partial charge >= 0.3 is 0 Å². The zero-order valence-corrected chi connectivity index (χ0v) is 28.2. The van der Waals surface area contributed by atoms with E-state index in [1.807, 2.05) is 0 Å². The molecular formula is C50H35N. The maximum Gasteiger partial charge on any atom is 0.0462 e. The summed E-state index contributed by atoms with van der Waals surface area (Å²) in [5.74, 6) is 0. The zero-order chi connectivity index (χ0) is 34.0. The monoisotopic (exact) mass is 649 g/mol. The number of nitrogens with zero attached hydrogens (tertiary/aromatic N) is 1. The largest absolute Gasteiger partial charge is 0.311 e. The van der Waals surface area contributed by atoms with E-state index in [-0.39, 0.29) is 0 Å². The molecule has 2 aliphatic rings. The van der Waals surface area contributed by atoms with Gasteiger partial charge in [-0.15, -0.1) is 0 Å². The van der Waals surface area contributed by atoms with Gasteiger partial charge in [-0.05, 0) is 103 Å². The molecule has 0 saturated heterocycles. The highest BCUT2D eigenvalue weighted by Crippen LogP contribution is 2.45. The predicted molar refractivity (Wildman–Crippen MR) is 217 cm³/mol. The van der Waals surface area contributed by atoms with Crippen molar-refractivity contribution in [2.24, 2.45) is 0 Å². The molecule has 9 rings (SSSR count). The van der Waals surface area contributed by atoms with Crippen molar-refractivity contribution in [1.29, 1.82) is 0 Å². The highest BCUT2D eigenvalue weighted by molar-refractivity contribution is 6.02. The molecule has 0 aromatic heterocycles. The normalized spacial score (nSPS) is 12.5. The van der Waals surface area contributed by atoms with E-state index in [0.717, 1.165) is 28.2 Å². The lowest BCUT2D eigenvalue weighted by Crippen LogP contribution is -2.09. The maximum atomic E-state index is 2.31. The second kappa shape index (κ2) is 13.3. The Kier molecular flexibility index (Phi) is 7.92. The van der Waals surface area contributed by atoms with Crippen molar-refractivity contribution in [1.82, 2.24) is 0 Å². The number of benzene rings is 7. The van der Waals surface area contributed by atoms with Crippen LogP contribution in [0.4, 0.5) is 17.1 Å². The molecule has 0 amide bonds. The van der Waals surface area contributed by atoms with Gasteiger partial charge < -0.3 is 4.90 Å². The Morgan fingerprint density at radius 3 is 0.922 bits per heavy atom. The third kappa shape index (κ3) is 5.75. The van der Waals surface area contributed by atoms with Gasteiger partial charge in [-0.25, -0.2) is 0 Å². The van der Waals surface area contributed by atoms with Crippen molar-refractivity contribution in [2.75, 3.05) is 4.90 Å². The minimum atomic E-state index is 1.11. The molecule has 0 N–H and O–H groups in total. The number of hydrogen-bond donors (Lipinski definition) is 0. The van der Waals surface area contributed by atoms with Gasteiger partial charge in [0.05, 0.1) is 0 Å². The molecule has 0 radical (unpaired) electrons. The quantitative estimate of drug-likeness (QED) is 0.166. The average molecular weight is 650 g/mol. The first-order valence-corrected chi connectivity index (χ1v) is 17.5. The van der Waals surface area contributed by atoms with Crippen LogP contribution in [0.15, 0.2) is 200 Å². The van der Waals surface area contributed by atoms with Crippen LogP contribution in [0.5, 0.6) is 0 Å². The average Bonchev–Trinajstić information content (AvgIpc) is 3.69. The molecule has 2 aliphatic carbocycles. The van der Waals surface area contributed by atoms with E-state index < -0.39 is 0 Å². The fourth-order valence-electron chi connectivity index (χ4n) is 7.46. The predicted octanol–water partition coefficient (Wildman–Crippen LogP) is 13.4. The summed E-state index contributed by atoms with van der Waals surface area (Å²) in [6.07, 6.45) is 13.2. The van der Waals surface area contributed by atoms with Gasteiger partial charge in [0.15, 0.2) is 0 Å². The van der Waals surface area contributed by atoms with E-state index in [2.05, 4.69) is 217 Å². The second-order valence-corrected chi connectivity index (χ2v) is 12.9. The van der Waals surface area contributed by atoms with Crippen molar-refractivity contribution in [2.45, 2.75) is 0 Å². The van der Waals surface area contributed by atoms with Crippen molar-refractivity contribution < 1.29 is 0 Å². The van der Waals surface area contributed by atoms with Crippen LogP contribution < -0.4 is 4.90 Å². The first kappa shape index (κ1) is 30.4. The molecule has 0 fully saturated rings. The van der Waals surface area contributed by atoms with Crippen LogP contribution in [0.1, 0.15) is 33.4 Å². The number of anilines is 3. The minimum Gasteiger partial charge on any atom is -0.311 e. The van der Waals surface area contributed by atoms with E-state index in [0.29, 0.717) is 0 Å². The smallest absolute Gasteiger partial charge is 0.0462 e. The molecule has 7 aromatic rings. The van der Waals surface area contributed by atoms with Crippen LogP contribution in [0, 0.1) is 0 Å². The Balaban J connectivity index is 0.962. The van der Waals surface area contributed by atoms with E-state index in [4.69, 9.17) is 0 Å². The van der Waals surface area contributed by atoms with Crippen LogP contribution in [0.25, 0.3) is 45.6 Å². The van der Waals surface area contributed by atoms with Gasteiger partial charge in [0.25, 0.3) is 0 Å². The van der Waals surface area contributed by atoms with Crippen LogP contribution >= 0.6 is 0 Å². The number of para-hydroxylation sites is 1. The number of rotatable bonds is 7. The van der Waals surface area contributed by atoms with E-state index in [9.17, 15) is 0 Å². The van der Waals surface area contributed by atoms with Crippen LogP contribution in [0.2, 0.25) is 0 Å². The lowest BCUT2D eigenvalue weighted by Gasteiger charge is -2.25. The first-order valence-electron chi connectivity index (χ1n) is 17.5. The molecule has 0 bridgehead atoms. The topological polar surface area (TPSA) is 3.24 Å². The summed E-state index contributed by atoms with van der Waals surface area (Å²) in [4.78, 5) is 2.31. The molecule has 0 spiro atoms. The first-order chi connectivity index (χ1) is 25.3. The molecule has 51 heavy (non-hydrogen) atoms. The summed E-state index contributed by atoms with van der Waals surface area (Å²) in [6.45, 7) is 0. The number of allylic oxidation sites excluding steroid dienone is 4. The van der Waals surface area contributed by atoms with Gasteiger partial charge in [-0.3, -0.25) is 0 Å². The molecule has 0 aliphatic heterocycles. The molecule has 0 atom stereocenters. The molecule has 1 nitrogen and oxygen atoms in total. The van der Waals surface area contributed by atoms with E-state index >= 15 is 0 Å². The summed E-state index contributed by atoms with van der Waals surface area (Å²) >= 11 is 0. The Hall–Kier alpha value is -6.70. The Labute approximate surface area is 300 Å². The molecular weight excluding hydrogens is 615 g/mol. The Bertz CT molecular complexity index is 2240. The van der Waals surface area contributed by atoms with Crippen molar-refractivity contribution in [3.63, 3.8) is 0 Å². The lowest BCUT2D eigenvalue weighted by atomic mass is 10.0. The Morgan fingerprint density at radius 2 is 0.569 bits per heavy atom. The van der Waals surface area contributed by atoms with Crippen LogP contribution in [0.3, 0.4) is 0 Å². The third-order valence-electron chi connectivity index (χ3n) is 9.87. The summed E-state index contributed by atoms with van der Waals surface area (Å²) in [5, 5.41) is 0. The van der Waals surface area contributed by atoms with Gasteiger partial charge in [0, 0.05) is 17.1 Å². The van der Waals surface area contributed by atoms with E-state index in [1.165, 1.54) is 55.7 Å². The highest BCUT2D eigenvalue weighted by atomic mass is 15.1. The van der Waals surface area contributed by atoms with Crippen molar-refractivity contribution >= 4 is 40.4 Å². The fourth-order valence-corrected chi connectivity index (χ4v) is 7.46.